The predicted molar refractivity (Wildman–Crippen MR) is 103 cm³/mol. The molecule has 3 aromatic carbocycles. The van der Waals surface area contributed by atoms with Gasteiger partial charge in [-0.25, -0.2) is 0 Å². The van der Waals surface area contributed by atoms with E-state index >= 15 is 0 Å². The van der Waals surface area contributed by atoms with Gasteiger partial charge >= 0.3 is 0 Å². The topological polar surface area (TPSA) is 20.3 Å². The molecule has 0 bridgehead atoms. The molecule has 0 aliphatic rings. The van der Waals surface area contributed by atoms with Crippen molar-refractivity contribution in [3.8, 4) is 0 Å². The Morgan fingerprint density at radius 2 is 1.44 bits per heavy atom. The molecule has 0 N–H and O–H groups in total. The zero-order valence-corrected chi connectivity index (χ0v) is 14.9. The van der Waals surface area contributed by atoms with Crippen molar-refractivity contribution >= 4 is 17.5 Å². The van der Waals surface area contributed by atoms with Crippen molar-refractivity contribution in [3.05, 3.63) is 107 Å². The van der Waals surface area contributed by atoms with E-state index in [9.17, 15) is 4.79 Å². The average Bonchev–Trinajstić information content (AvgIpc) is 2.67. The molecule has 0 fully saturated rings. The van der Waals surface area contributed by atoms with Crippen molar-refractivity contribution < 1.29 is 4.79 Å². The maximum Gasteiger partial charge on any atom is 0.254 e. The maximum absolute atomic E-state index is 13.2. The van der Waals surface area contributed by atoms with E-state index in [0.717, 1.165) is 11.1 Å². The van der Waals surface area contributed by atoms with Crippen LogP contribution in [0.1, 0.15) is 34.5 Å². The molecule has 0 saturated carbocycles. The highest BCUT2D eigenvalue weighted by Gasteiger charge is 2.26. The Bertz CT molecular complexity index is 793. The molecule has 0 aromatic heterocycles. The van der Waals surface area contributed by atoms with Crippen LogP contribution in [0, 0.1) is 0 Å². The number of rotatable bonds is 5. The molecule has 3 heteroatoms. The highest BCUT2D eigenvalue weighted by atomic mass is 35.5. The molecule has 0 spiro atoms. The first-order valence-electron chi connectivity index (χ1n) is 8.37. The molecule has 0 aliphatic heterocycles. The quantitative estimate of drug-likeness (QED) is 0.587. The van der Waals surface area contributed by atoms with Gasteiger partial charge in [0.15, 0.2) is 0 Å². The summed E-state index contributed by atoms with van der Waals surface area (Å²) in [5, 5.41) is 0.567. The van der Waals surface area contributed by atoms with Crippen LogP contribution in [0.3, 0.4) is 0 Å². The van der Waals surface area contributed by atoms with Gasteiger partial charge in [-0.05, 0) is 36.2 Å². The number of hydrogen-bond donors (Lipinski definition) is 0. The van der Waals surface area contributed by atoms with E-state index in [1.54, 1.807) is 12.1 Å². The van der Waals surface area contributed by atoms with Crippen molar-refractivity contribution in [1.29, 1.82) is 0 Å². The molecule has 0 radical (unpaired) electrons. The van der Waals surface area contributed by atoms with Crippen LogP contribution in [-0.2, 0) is 0 Å². The van der Waals surface area contributed by atoms with Gasteiger partial charge in [-0.2, -0.15) is 0 Å². The third kappa shape index (κ3) is 3.92. The zero-order valence-electron chi connectivity index (χ0n) is 14.1. The van der Waals surface area contributed by atoms with Gasteiger partial charge in [0.25, 0.3) is 5.91 Å². The number of hydrogen-bond acceptors (Lipinski definition) is 1. The Morgan fingerprint density at radius 1 is 0.880 bits per heavy atom. The SMILES string of the molecule is CCN(C(=O)c1cccc(Cl)c1)C(c1ccccc1)c1ccccc1. The second-order valence-electron chi connectivity index (χ2n) is 5.83. The van der Waals surface area contributed by atoms with Crippen molar-refractivity contribution in [3.63, 3.8) is 0 Å². The minimum absolute atomic E-state index is 0.0253. The molecule has 25 heavy (non-hydrogen) atoms. The Balaban J connectivity index is 2.05. The summed E-state index contributed by atoms with van der Waals surface area (Å²) in [6.07, 6.45) is 0. The van der Waals surface area contributed by atoms with Gasteiger partial charge < -0.3 is 4.90 Å². The maximum atomic E-state index is 13.2. The number of carbonyl (C=O) groups is 1. The second kappa shape index (κ2) is 8.00. The molecule has 0 aliphatic carbocycles. The van der Waals surface area contributed by atoms with E-state index < -0.39 is 0 Å². The van der Waals surface area contributed by atoms with Crippen LogP contribution in [0.25, 0.3) is 0 Å². The summed E-state index contributed by atoms with van der Waals surface area (Å²) in [4.78, 5) is 15.1. The van der Waals surface area contributed by atoms with Crippen LogP contribution in [-0.4, -0.2) is 17.4 Å². The Kier molecular flexibility index (Phi) is 5.52. The highest BCUT2D eigenvalue weighted by Crippen LogP contribution is 2.30. The minimum atomic E-state index is -0.140. The van der Waals surface area contributed by atoms with E-state index in [2.05, 4.69) is 24.3 Å². The monoisotopic (exact) mass is 349 g/mol. The predicted octanol–water partition coefficient (Wildman–Crippen LogP) is 5.59. The smallest absolute Gasteiger partial charge is 0.254 e. The van der Waals surface area contributed by atoms with Gasteiger partial charge in [0.2, 0.25) is 0 Å². The number of carbonyl (C=O) groups excluding carboxylic acids is 1. The van der Waals surface area contributed by atoms with E-state index in [-0.39, 0.29) is 11.9 Å². The number of amides is 1. The molecule has 1 amide bonds. The molecular formula is C22H20ClNO. The first-order valence-corrected chi connectivity index (χ1v) is 8.75. The van der Waals surface area contributed by atoms with Gasteiger partial charge in [0.05, 0.1) is 6.04 Å². The average molecular weight is 350 g/mol. The summed E-state index contributed by atoms with van der Waals surface area (Å²) in [6, 6.07) is 27.2. The fourth-order valence-corrected chi connectivity index (χ4v) is 3.24. The fraction of sp³-hybridized carbons (Fsp3) is 0.136. The van der Waals surface area contributed by atoms with Gasteiger partial charge in [-0.3, -0.25) is 4.79 Å². The summed E-state index contributed by atoms with van der Waals surface area (Å²) in [5.74, 6) is -0.0253. The third-order valence-corrected chi connectivity index (χ3v) is 4.45. The molecule has 0 heterocycles. The van der Waals surface area contributed by atoms with Crippen molar-refractivity contribution in [2.75, 3.05) is 6.54 Å². The molecule has 3 aromatic rings. The first-order chi connectivity index (χ1) is 12.2. The summed E-state index contributed by atoms with van der Waals surface area (Å²) in [6.45, 7) is 2.60. The number of benzene rings is 3. The standard InChI is InChI=1S/C22H20ClNO/c1-2-24(22(25)19-14-9-15-20(23)16-19)21(17-10-5-3-6-11-17)18-12-7-4-8-13-18/h3-16,21H,2H2,1H3. The van der Waals surface area contributed by atoms with Gasteiger partial charge in [0, 0.05) is 17.1 Å². The van der Waals surface area contributed by atoms with E-state index in [1.807, 2.05) is 60.4 Å². The van der Waals surface area contributed by atoms with Crippen molar-refractivity contribution in [1.82, 2.24) is 4.90 Å². The van der Waals surface area contributed by atoms with Crippen LogP contribution in [0.15, 0.2) is 84.9 Å². The summed E-state index contributed by atoms with van der Waals surface area (Å²) in [5.41, 5.74) is 2.78. The number of nitrogens with zero attached hydrogens (tertiary/aromatic N) is 1. The summed E-state index contributed by atoms with van der Waals surface area (Å²) in [7, 11) is 0. The van der Waals surface area contributed by atoms with E-state index in [1.165, 1.54) is 0 Å². The normalized spacial score (nSPS) is 10.7. The van der Waals surface area contributed by atoms with Crippen LogP contribution < -0.4 is 0 Å². The number of halogens is 1. The van der Waals surface area contributed by atoms with Crippen LogP contribution in [0.5, 0.6) is 0 Å². The highest BCUT2D eigenvalue weighted by molar-refractivity contribution is 6.30. The lowest BCUT2D eigenvalue weighted by molar-refractivity contribution is 0.0717. The van der Waals surface area contributed by atoms with Crippen molar-refractivity contribution in [2.45, 2.75) is 13.0 Å². The Morgan fingerprint density at radius 3 is 1.92 bits per heavy atom. The zero-order chi connectivity index (χ0) is 17.6. The van der Waals surface area contributed by atoms with E-state index in [4.69, 9.17) is 11.6 Å². The largest absolute Gasteiger partial charge is 0.328 e. The van der Waals surface area contributed by atoms with Gasteiger partial charge in [0.1, 0.15) is 0 Å². The third-order valence-electron chi connectivity index (χ3n) is 4.22. The molecule has 0 saturated heterocycles. The van der Waals surface area contributed by atoms with Crippen molar-refractivity contribution in [2.24, 2.45) is 0 Å². The molecule has 126 valence electrons. The van der Waals surface area contributed by atoms with Gasteiger partial charge in [-0.1, -0.05) is 78.3 Å². The minimum Gasteiger partial charge on any atom is -0.328 e. The second-order valence-corrected chi connectivity index (χ2v) is 6.26. The lowest BCUT2D eigenvalue weighted by Crippen LogP contribution is -2.35. The summed E-state index contributed by atoms with van der Waals surface area (Å²) >= 11 is 6.08. The van der Waals surface area contributed by atoms with Crippen LogP contribution >= 0.6 is 11.6 Å². The Labute approximate surface area is 153 Å². The molecular weight excluding hydrogens is 330 g/mol. The van der Waals surface area contributed by atoms with Gasteiger partial charge in [-0.15, -0.1) is 0 Å². The first kappa shape index (κ1) is 17.2. The lowest BCUT2D eigenvalue weighted by atomic mass is 9.96. The Hall–Kier alpha value is -2.58. The fourth-order valence-electron chi connectivity index (χ4n) is 3.05. The lowest BCUT2D eigenvalue weighted by Gasteiger charge is -2.32. The van der Waals surface area contributed by atoms with E-state index in [0.29, 0.717) is 17.1 Å². The molecule has 0 unspecified atom stereocenters. The molecule has 0 atom stereocenters. The molecule has 3 rings (SSSR count). The van der Waals surface area contributed by atoms with Crippen LogP contribution in [0.4, 0.5) is 0 Å². The molecule has 2 nitrogen and oxygen atoms in total. The summed E-state index contributed by atoms with van der Waals surface area (Å²) < 4.78 is 0. The van der Waals surface area contributed by atoms with Crippen LogP contribution in [0.2, 0.25) is 5.02 Å².